The first-order valence-electron chi connectivity index (χ1n) is 9.05. The Morgan fingerprint density at radius 1 is 1.50 bits per heavy atom. The van der Waals surface area contributed by atoms with Gasteiger partial charge in [-0.25, -0.2) is 14.8 Å². The molecule has 1 unspecified atom stereocenters. The van der Waals surface area contributed by atoms with Crippen molar-refractivity contribution in [2.75, 3.05) is 51.8 Å². The second kappa shape index (κ2) is 8.01. The lowest BCUT2D eigenvalue weighted by Gasteiger charge is -2.23. The monoisotopic (exact) mass is 361 g/mol. The summed E-state index contributed by atoms with van der Waals surface area (Å²) in [5.74, 6) is 0.444. The number of pyridine rings is 1. The minimum atomic E-state index is -0.984. The van der Waals surface area contributed by atoms with Crippen LogP contribution in [0, 0.1) is 5.92 Å². The Morgan fingerprint density at radius 3 is 3.00 bits per heavy atom. The molecule has 0 bridgehead atoms. The van der Waals surface area contributed by atoms with E-state index in [1.165, 1.54) is 12.6 Å². The summed E-state index contributed by atoms with van der Waals surface area (Å²) in [5, 5.41) is 9.16. The van der Waals surface area contributed by atoms with Crippen LogP contribution in [0.2, 0.25) is 0 Å². The van der Waals surface area contributed by atoms with Crippen LogP contribution in [0.3, 0.4) is 0 Å². The van der Waals surface area contributed by atoms with Crippen molar-refractivity contribution in [3.8, 4) is 0 Å². The van der Waals surface area contributed by atoms with E-state index in [9.17, 15) is 4.79 Å². The molecule has 3 heterocycles. The van der Waals surface area contributed by atoms with E-state index in [0.29, 0.717) is 11.4 Å². The summed E-state index contributed by atoms with van der Waals surface area (Å²) in [5.41, 5.74) is 1.52. The number of likely N-dealkylation sites (tertiary alicyclic amines) is 1. The molecule has 8 heteroatoms. The van der Waals surface area contributed by atoms with E-state index in [1.807, 2.05) is 18.5 Å². The summed E-state index contributed by atoms with van der Waals surface area (Å²) in [4.78, 5) is 24.8. The van der Waals surface area contributed by atoms with Crippen LogP contribution in [0.4, 0.5) is 5.95 Å². The first kappa shape index (κ1) is 18.6. The number of nitrogens with zero attached hydrogens (tertiary/aromatic N) is 5. The van der Waals surface area contributed by atoms with E-state index in [4.69, 9.17) is 9.84 Å². The molecule has 26 heavy (non-hydrogen) atoms. The summed E-state index contributed by atoms with van der Waals surface area (Å²) < 4.78 is 7.21. The van der Waals surface area contributed by atoms with Crippen molar-refractivity contribution in [1.82, 2.24) is 19.4 Å². The molecule has 1 aliphatic rings. The third-order valence-corrected chi connectivity index (χ3v) is 4.98. The SMILES string of the molecule is CCn1c(N(C)CC2CCN(CCOC)C2)nc2cc(C(=O)O)cnc21. The molecule has 1 fully saturated rings. The molecule has 0 aromatic carbocycles. The molecule has 1 saturated heterocycles. The molecule has 8 nitrogen and oxygen atoms in total. The fraction of sp³-hybridized carbons (Fsp3) is 0.611. The van der Waals surface area contributed by atoms with Crippen LogP contribution < -0.4 is 4.90 Å². The number of anilines is 1. The van der Waals surface area contributed by atoms with Gasteiger partial charge in [0.05, 0.1) is 12.2 Å². The molecule has 0 radical (unpaired) electrons. The highest BCUT2D eigenvalue weighted by molar-refractivity contribution is 5.91. The lowest BCUT2D eigenvalue weighted by Crippen LogP contribution is -2.31. The van der Waals surface area contributed by atoms with Gasteiger partial charge >= 0.3 is 5.97 Å². The Bertz CT molecular complexity index is 776. The van der Waals surface area contributed by atoms with Crippen LogP contribution in [-0.4, -0.2) is 77.5 Å². The molecular weight excluding hydrogens is 334 g/mol. The van der Waals surface area contributed by atoms with Gasteiger partial charge in [0.2, 0.25) is 5.95 Å². The molecule has 0 amide bonds. The number of aromatic nitrogens is 3. The third kappa shape index (κ3) is 3.81. The number of hydrogen-bond acceptors (Lipinski definition) is 6. The quantitative estimate of drug-likeness (QED) is 0.764. The normalized spacial score (nSPS) is 17.9. The van der Waals surface area contributed by atoms with Crippen LogP contribution in [-0.2, 0) is 11.3 Å². The lowest BCUT2D eigenvalue weighted by atomic mass is 10.1. The number of fused-ring (bicyclic) bond motifs is 1. The van der Waals surface area contributed by atoms with Gasteiger partial charge in [-0.2, -0.15) is 0 Å². The molecule has 0 spiro atoms. The Morgan fingerprint density at radius 2 is 2.31 bits per heavy atom. The van der Waals surface area contributed by atoms with Gasteiger partial charge < -0.3 is 19.6 Å². The van der Waals surface area contributed by atoms with Gasteiger partial charge in [0.25, 0.3) is 0 Å². The molecule has 0 aliphatic carbocycles. The van der Waals surface area contributed by atoms with E-state index in [-0.39, 0.29) is 5.56 Å². The maximum absolute atomic E-state index is 11.2. The molecule has 2 aromatic heterocycles. The van der Waals surface area contributed by atoms with Crippen molar-refractivity contribution in [3.63, 3.8) is 0 Å². The van der Waals surface area contributed by atoms with Crippen LogP contribution in [0.15, 0.2) is 12.3 Å². The predicted octanol–water partition coefficient (Wildman–Crippen LogP) is 1.55. The minimum absolute atomic E-state index is 0.164. The molecule has 0 saturated carbocycles. The number of methoxy groups -OCH3 is 1. The lowest BCUT2D eigenvalue weighted by molar-refractivity contribution is 0.0696. The highest BCUT2D eigenvalue weighted by Gasteiger charge is 2.25. The van der Waals surface area contributed by atoms with Gasteiger partial charge in [0, 0.05) is 46.5 Å². The molecule has 2 aromatic rings. The van der Waals surface area contributed by atoms with E-state index in [0.717, 1.165) is 50.9 Å². The molecule has 1 N–H and O–H groups in total. The fourth-order valence-corrected chi connectivity index (χ4v) is 3.65. The first-order chi connectivity index (χ1) is 12.5. The maximum atomic E-state index is 11.2. The average molecular weight is 361 g/mol. The van der Waals surface area contributed by atoms with Crippen LogP contribution in [0.25, 0.3) is 11.2 Å². The topological polar surface area (TPSA) is 83.7 Å². The van der Waals surface area contributed by atoms with Gasteiger partial charge in [-0.15, -0.1) is 0 Å². The van der Waals surface area contributed by atoms with Crippen molar-refractivity contribution >= 4 is 23.1 Å². The van der Waals surface area contributed by atoms with Gasteiger partial charge in [0.1, 0.15) is 5.52 Å². The zero-order valence-electron chi connectivity index (χ0n) is 15.7. The zero-order chi connectivity index (χ0) is 18.7. The number of carboxylic acid groups (broad SMARTS) is 1. The maximum Gasteiger partial charge on any atom is 0.337 e. The number of carboxylic acids is 1. The molecule has 142 valence electrons. The predicted molar refractivity (Wildman–Crippen MR) is 99.9 cm³/mol. The number of imidazole rings is 1. The average Bonchev–Trinajstić information content (AvgIpc) is 3.22. The van der Waals surface area contributed by atoms with Crippen molar-refractivity contribution < 1.29 is 14.6 Å². The van der Waals surface area contributed by atoms with Crippen LogP contribution >= 0.6 is 0 Å². The van der Waals surface area contributed by atoms with Crippen LogP contribution in [0.5, 0.6) is 0 Å². The van der Waals surface area contributed by atoms with E-state index >= 15 is 0 Å². The van der Waals surface area contributed by atoms with Gasteiger partial charge in [-0.05, 0) is 31.9 Å². The number of aromatic carboxylic acids is 1. The van der Waals surface area contributed by atoms with E-state index in [1.54, 1.807) is 13.2 Å². The van der Waals surface area contributed by atoms with E-state index < -0.39 is 5.97 Å². The van der Waals surface area contributed by atoms with Gasteiger partial charge in [-0.1, -0.05) is 0 Å². The Kier molecular flexibility index (Phi) is 5.73. The number of aryl methyl sites for hydroxylation is 1. The largest absolute Gasteiger partial charge is 0.478 e. The highest BCUT2D eigenvalue weighted by Crippen LogP contribution is 2.24. The minimum Gasteiger partial charge on any atom is -0.478 e. The Labute approximate surface area is 153 Å². The number of hydrogen-bond donors (Lipinski definition) is 1. The van der Waals surface area contributed by atoms with Crippen LogP contribution in [0.1, 0.15) is 23.7 Å². The summed E-state index contributed by atoms with van der Waals surface area (Å²) in [7, 11) is 3.78. The second-order valence-electron chi connectivity index (χ2n) is 6.86. The third-order valence-electron chi connectivity index (χ3n) is 4.98. The van der Waals surface area contributed by atoms with Crippen molar-refractivity contribution in [3.05, 3.63) is 17.8 Å². The van der Waals surface area contributed by atoms with Gasteiger partial charge in [-0.3, -0.25) is 4.57 Å². The number of carbonyl (C=O) groups is 1. The Hall–Kier alpha value is -2.19. The Balaban J connectivity index is 1.75. The fourth-order valence-electron chi connectivity index (χ4n) is 3.65. The number of ether oxygens (including phenoxy) is 1. The second-order valence-corrected chi connectivity index (χ2v) is 6.86. The summed E-state index contributed by atoms with van der Waals surface area (Å²) in [6.07, 6.45) is 2.56. The molecular formula is C18H27N5O3. The van der Waals surface area contributed by atoms with Gasteiger partial charge in [0.15, 0.2) is 5.65 Å². The van der Waals surface area contributed by atoms with E-state index in [2.05, 4.69) is 19.8 Å². The first-order valence-corrected chi connectivity index (χ1v) is 9.05. The van der Waals surface area contributed by atoms with Crippen molar-refractivity contribution in [1.29, 1.82) is 0 Å². The highest BCUT2D eigenvalue weighted by atomic mass is 16.5. The molecule has 1 atom stereocenters. The van der Waals surface area contributed by atoms with Crippen molar-refractivity contribution in [2.45, 2.75) is 19.9 Å². The number of rotatable bonds is 8. The summed E-state index contributed by atoms with van der Waals surface area (Å²) >= 11 is 0. The smallest absolute Gasteiger partial charge is 0.337 e. The zero-order valence-corrected chi connectivity index (χ0v) is 15.7. The molecule has 1 aliphatic heterocycles. The van der Waals surface area contributed by atoms with Crippen molar-refractivity contribution in [2.24, 2.45) is 5.92 Å². The summed E-state index contributed by atoms with van der Waals surface area (Å²) in [6, 6.07) is 1.59. The standard InChI is InChI=1S/C18H27N5O3/c1-4-23-16-15(9-14(10-19-16)17(24)25)20-18(23)21(2)11-13-5-6-22(12-13)7-8-26-3/h9-10,13H,4-8,11-12H2,1-3H3,(H,24,25). The molecule has 3 rings (SSSR count). The summed E-state index contributed by atoms with van der Waals surface area (Å²) in [6.45, 7) is 7.63.